The van der Waals surface area contributed by atoms with Crippen molar-refractivity contribution in [2.75, 3.05) is 5.73 Å². The topological polar surface area (TPSA) is 26.0 Å². The molecule has 1 nitrogen and oxygen atoms in total. The first-order valence-corrected chi connectivity index (χ1v) is 6.55. The minimum atomic E-state index is 0.919. The highest BCUT2D eigenvalue weighted by Crippen LogP contribution is 2.30. The molecule has 0 bridgehead atoms. The summed E-state index contributed by atoms with van der Waals surface area (Å²) in [5, 5.41) is 2.24. The van der Waals surface area contributed by atoms with Crippen LogP contribution in [0.5, 0.6) is 0 Å². The molecule has 3 heteroatoms. The predicted octanol–water partition coefficient (Wildman–Crippen LogP) is 3.94. The Morgan fingerprint density at radius 2 is 2.14 bits per heavy atom. The number of thiophene rings is 1. The summed E-state index contributed by atoms with van der Waals surface area (Å²) in [6.07, 6.45) is 1.00. The molecule has 0 aliphatic heterocycles. The summed E-state index contributed by atoms with van der Waals surface area (Å²) in [7, 11) is 0. The van der Waals surface area contributed by atoms with Crippen LogP contribution in [0.2, 0.25) is 0 Å². The van der Waals surface area contributed by atoms with Gasteiger partial charge in [-0.1, -0.05) is 22.9 Å². The lowest BCUT2D eigenvalue weighted by atomic mass is 10.1. The molecule has 2 aromatic rings. The van der Waals surface area contributed by atoms with Gasteiger partial charge in [0.1, 0.15) is 0 Å². The van der Waals surface area contributed by atoms with Crippen LogP contribution in [0.15, 0.2) is 18.2 Å². The molecule has 74 valence electrons. The number of rotatable bonds is 2. The first-order valence-electron chi connectivity index (χ1n) is 4.61. The van der Waals surface area contributed by atoms with E-state index in [1.807, 2.05) is 0 Å². The van der Waals surface area contributed by atoms with Crippen molar-refractivity contribution in [1.82, 2.24) is 0 Å². The van der Waals surface area contributed by atoms with Gasteiger partial charge in [0, 0.05) is 20.6 Å². The van der Waals surface area contributed by atoms with Crippen LogP contribution in [0.3, 0.4) is 0 Å². The van der Waals surface area contributed by atoms with Gasteiger partial charge < -0.3 is 5.73 Å². The smallest absolute Gasteiger partial charge is 0.0377 e. The number of halogens is 1. The SMILES string of the molecule is CCc1cc2cc(CBr)sc2cc1N. The molecular weight excluding hydrogens is 258 g/mol. The molecule has 2 N–H and O–H groups in total. The molecule has 0 saturated heterocycles. The fraction of sp³-hybridized carbons (Fsp3) is 0.273. The fourth-order valence-corrected chi connectivity index (χ4v) is 3.03. The van der Waals surface area contributed by atoms with Gasteiger partial charge in [-0.3, -0.25) is 0 Å². The van der Waals surface area contributed by atoms with E-state index in [0.29, 0.717) is 0 Å². The maximum Gasteiger partial charge on any atom is 0.0377 e. The summed E-state index contributed by atoms with van der Waals surface area (Å²) in [6.45, 7) is 2.13. The molecule has 0 saturated carbocycles. The van der Waals surface area contributed by atoms with Crippen LogP contribution in [0, 0.1) is 0 Å². The molecule has 1 heterocycles. The van der Waals surface area contributed by atoms with E-state index in [4.69, 9.17) is 5.73 Å². The monoisotopic (exact) mass is 269 g/mol. The number of nitrogens with two attached hydrogens (primary N) is 1. The first-order chi connectivity index (χ1) is 6.74. The van der Waals surface area contributed by atoms with Crippen LogP contribution >= 0.6 is 27.3 Å². The van der Waals surface area contributed by atoms with Gasteiger partial charge in [0.2, 0.25) is 0 Å². The van der Waals surface area contributed by atoms with E-state index < -0.39 is 0 Å². The largest absolute Gasteiger partial charge is 0.398 e. The molecule has 0 unspecified atom stereocenters. The minimum absolute atomic E-state index is 0.919. The molecule has 2 rings (SSSR count). The van der Waals surface area contributed by atoms with Gasteiger partial charge in [0.15, 0.2) is 0 Å². The molecule has 0 aliphatic carbocycles. The molecule has 0 radical (unpaired) electrons. The van der Waals surface area contributed by atoms with Crippen LogP contribution in [0.1, 0.15) is 17.4 Å². The Morgan fingerprint density at radius 1 is 1.36 bits per heavy atom. The van der Waals surface area contributed by atoms with E-state index >= 15 is 0 Å². The molecule has 14 heavy (non-hydrogen) atoms. The Balaban J connectivity index is 2.64. The minimum Gasteiger partial charge on any atom is -0.398 e. The summed E-state index contributed by atoms with van der Waals surface area (Å²) in [6, 6.07) is 6.52. The molecule has 0 fully saturated rings. The molecule has 0 spiro atoms. The average molecular weight is 270 g/mol. The average Bonchev–Trinajstić information content (AvgIpc) is 2.58. The summed E-state index contributed by atoms with van der Waals surface area (Å²) in [5.41, 5.74) is 8.11. The third-order valence-corrected chi connectivity index (χ3v) is 4.41. The third kappa shape index (κ3) is 1.66. The van der Waals surface area contributed by atoms with Crippen LogP contribution < -0.4 is 5.73 Å². The zero-order chi connectivity index (χ0) is 10.1. The number of anilines is 1. The number of fused-ring (bicyclic) bond motifs is 1. The molecular formula is C11H12BrNS. The number of nitrogen functional groups attached to an aromatic ring is 1. The Morgan fingerprint density at radius 3 is 2.79 bits per heavy atom. The fourth-order valence-electron chi connectivity index (χ4n) is 1.58. The van der Waals surface area contributed by atoms with Crippen molar-refractivity contribution in [3.63, 3.8) is 0 Å². The standard InChI is InChI=1S/C11H12BrNS/c1-2-7-3-8-4-9(6-12)14-11(8)5-10(7)13/h3-5H,2,6,13H2,1H3. The summed E-state index contributed by atoms with van der Waals surface area (Å²) >= 11 is 5.27. The van der Waals surface area contributed by atoms with Crippen LogP contribution in [0.25, 0.3) is 10.1 Å². The number of hydrogen-bond acceptors (Lipinski definition) is 2. The van der Waals surface area contributed by atoms with Crippen LogP contribution in [-0.4, -0.2) is 0 Å². The van der Waals surface area contributed by atoms with Gasteiger partial charge in [-0.05, 0) is 35.6 Å². The Bertz CT molecular complexity index is 462. The lowest BCUT2D eigenvalue weighted by molar-refractivity contribution is 1.15. The van der Waals surface area contributed by atoms with E-state index in [-0.39, 0.29) is 0 Å². The van der Waals surface area contributed by atoms with Gasteiger partial charge in [-0.25, -0.2) is 0 Å². The van der Waals surface area contributed by atoms with Crippen LogP contribution in [-0.2, 0) is 11.8 Å². The summed E-state index contributed by atoms with van der Waals surface area (Å²) in [5.74, 6) is 0. The van der Waals surface area contributed by atoms with E-state index in [1.165, 1.54) is 20.5 Å². The van der Waals surface area contributed by atoms with Crippen molar-refractivity contribution in [3.8, 4) is 0 Å². The zero-order valence-electron chi connectivity index (χ0n) is 8.01. The van der Waals surface area contributed by atoms with Gasteiger partial charge >= 0.3 is 0 Å². The molecule has 1 aromatic heterocycles. The predicted molar refractivity (Wildman–Crippen MR) is 68.2 cm³/mol. The van der Waals surface area contributed by atoms with Crippen molar-refractivity contribution in [3.05, 3.63) is 28.6 Å². The van der Waals surface area contributed by atoms with Crippen LogP contribution in [0.4, 0.5) is 5.69 Å². The second-order valence-corrected chi connectivity index (χ2v) is 5.02. The van der Waals surface area contributed by atoms with Crippen molar-refractivity contribution >= 4 is 43.0 Å². The number of benzene rings is 1. The highest BCUT2D eigenvalue weighted by atomic mass is 79.9. The second kappa shape index (κ2) is 3.91. The van der Waals surface area contributed by atoms with Gasteiger partial charge in [-0.15, -0.1) is 11.3 Å². The highest BCUT2D eigenvalue weighted by Gasteiger charge is 2.04. The first kappa shape index (κ1) is 9.99. The van der Waals surface area contributed by atoms with Gasteiger partial charge in [0.05, 0.1) is 0 Å². The van der Waals surface area contributed by atoms with Gasteiger partial charge in [0.25, 0.3) is 0 Å². The quantitative estimate of drug-likeness (QED) is 0.649. The van der Waals surface area contributed by atoms with E-state index in [2.05, 4.69) is 41.1 Å². The summed E-state index contributed by atoms with van der Waals surface area (Å²) in [4.78, 5) is 1.35. The van der Waals surface area contributed by atoms with Crippen molar-refractivity contribution in [2.45, 2.75) is 18.7 Å². The number of hydrogen-bond donors (Lipinski definition) is 1. The van der Waals surface area contributed by atoms with Crippen molar-refractivity contribution < 1.29 is 0 Å². The number of alkyl halides is 1. The van der Waals surface area contributed by atoms with Crippen molar-refractivity contribution in [2.24, 2.45) is 0 Å². The molecule has 0 aliphatic rings. The Labute approximate surface area is 96.1 Å². The maximum absolute atomic E-state index is 5.94. The molecule has 0 amide bonds. The van der Waals surface area contributed by atoms with E-state index in [1.54, 1.807) is 11.3 Å². The molecule has 0 atom stereocenters. The Kier molecular flexibility index (Phi) is 2.79. The van der Waals surface area contributed by atoms with E-state index in [9.17, 15) is 0 Å². The second-order valence-electron chi connectivity index (χ2n) is 3.29. The van der Waals surface area contributed by atoms with Gasteiger partial charge in [-0.2, -0.15) is 0 Å². The lowest BCUT2D eigenvalue weighted by Gasteiger charge is -2.01. The Hall–Kier alpha value is -0.540. The van der Waals surface area contributed by atoms with E-state index in [0.717, 1.165) is 17.4 Å². The zero-order valence-corrected chi connectivity index (χ0v) is 10.4. The normalized spacial score (nSPS) is 11.0. The summed E-state index contributed by atoms with van der Waals surface area (Å²) < 4.78 is 1.29. The van der Waals surface area contributed by atoms with Crippen molar-refractivity contribution in [1.29, 1.82) is 0 Å². The molecule has 1 aromatic carbocycles. The lowest BCUT2D eigenvalue weighted by Crippen LogP contribution is -1.91. The maximum atomic E-state index is 5.94. The highest BCUT2D eigenvalue weighted by molar-refractivity contribution is 9.08. The number of aryl methyl sites for hydroxylation is 1. The third-order valence-electron chi connectivity index (χ3n) is 2.34.